The summed E-state index contributed by atoms with van der Waals surface area (Å²) in [6.45, 7) is 3.05. The molecule has 0 unspecified atom stereocenters. The number of benzene rings is 2. The van der Waals surface area contributed by atoms with Crippen LogP contribution in [0.5, 0.6) is 0 Å². The highest BCUT2D eigenvalue weighted by atomic mass is 19.1. The Kier molecular flexibility index (Phi) is 6.76. The molecule has 31 heavy (non-hydrogen) atoms. The van der Waals surface area contributed by atoms with Crippen LogP contribution in [0.2, 0.25) is 0 Å². The maximum absolute atomic E-state index is 13.2. The summed E-state index contributed by atoms with van der Waals surface area (Å²) in [6, 6.07) is 13.8. The summed E-state index contributed by atoms with van der Waals surface area (Å²) < 4.78 is 19.7. The summed E-state index contributed by atoms with van der Waals surface area (Å²) in [7, 11) is 0. The molecular weight excluding hydrogens is 403 g/mol. The number of nitrogens with one attached hydrogen (secondary N) is 2. The minimum absolute atomic E-state index is 0.148. The van der Waals surface area contributed by atoms with Crippen molar-refractivity contribution in [3.63, 3.8) is 0 Å². The van der Waals surface area contributed by atoms with Gasteiger partial charge in [-0.05, 0) is 48.9 Å². The van der Waals surface area contributed by atoms with E-state index in [0.29, 0.717) is 23.7 Å². The number of hydrogen-bond donors (Lipinski definition) is 2. The molecule has 3 aromatic rings. The van der Waals surface area contributed by atoms with Crippen molar-refractivity contribution >= 4 is 23.6 Å². The summed E-state index contributed by atoms with van der Waals surface area (Å²) >= 11 is 0. The predicted molar refractivity (Wildman–Crippen MR) is 111 cm³/mol. The second kappa shape index (κ2) is 9.66. The Hall–Kier alpha value is -4.01. The van der Waals surface area contributed by atoms with Crippen molar-refractivity contribution < 1.29 is 23.5 Å². The van der Waals surface area contributed by atoms with E-state index >= 15 is 0 Å². The van der Waals surface area contributed by atoms with E-state index in [1.807, 2.05) is 0 Å². The second-order valence-electron chi connectivity index (χ2n) is 6.79. The minimum Gasteiger partial charge on any atom is -0.452 e. The molecule has 0 spiro atoms. The van der Waals surface area contributed by atoms with E-state index in [-0.39, 0.29) is 17.3 Å². The monoisotopic (exact) mass is 424 g/mol. The number of anilines is 1. The third-order valence-electron chi connectivity index (χ3n) is 4.24. The van der Waals surface area contributed by atoms with Crippen molar-refractivity contribution in [2.45, 2.75) is 20.4 Å². The molecule has 0 radical (unpaired) electrons. The van der Waals surface area contributed by atoms with Crippen molar-refractivity contribution in [3.05, 3.63) is 77.2 Å². The second-order valence-corrected chi connectivity index (χ2v) is 6.79. The number of esters is 1. The summed E-state index contributed by atoms with van der Waals surface area (Å²) in [5.74, 6) is -1.35. The van der Waals surface area contributed by atoms with E-state index in [2.05, 4.69) is 15.7 Å². The van der Waals surface area contributed by atoms with Gasteiger partial charge in [0.1, 0.15) is 11.6 Å². The van der Waals surface area contributed by atoms with Crippen LogP contribution >= 0.6 is 0 Å². The van der Waals surface area contributed by atoms with Gasteiger partial charge in [0.05, 0.1) is 16.9 Å². The zero-order valence-corrected chi connectivity index (χ0v) is 17.0. The number of hydrogen-bond acceptors (Lipinski definition) is 5. The Morgan fingerprint density at radius 2 is 1.74 bits per heavy atom. The first-order valence-corrected chi connectivity index (χ1v) is 9.45. The number of rotatable bonds is 7. The molecule has 2 N–H and O–H groups in total. The average molecular weight is 424 g/mol. The molecule has 0 aliphatic carbocycles. The van der Waals surface area contributed by atoms with Gasteiger partial charge in [-0.1, -0.05) is 12.1 Å². The van der Waals surface area contributed by atoms with E-state index in [0.717, 1.165) is 5.56 Å². The zero-order valence-electron chi connectivity index (χ0n) is 17.0. The highest BCUT2D eigenvalue weighted by Crippen LogP contribution is 2.17. The van der Waals surface area contributed by atoms with E-state index < -0.39 is 18.5 Å². The van der Waals surface area contributed by atoms with Gasteiger partial charge in [0.2, 0.25) is 5.91 Å². The maximum Gasteiger partial charge on any atom is 0.338 e. The highest BCUT2D eigenvalue weighted by molar-refractivity contribution is 5.95. The number of halogens is 1. The Morgan fingerprint density at radius 3 is 2.39 bits per heavy atom. The maximum atomic E-state index is 13.2. The van der Waals surface area contributed by atoms with Crippen molar-refractivity contribution in [1.82, 2.24) is 15.1 Å². The number of carbonyl (C=O) groups excluding carboxylic acids is 3. The van der Waals surface area contributed by atoms with E-state index in [1.165, 1.54) is 35.9 Å². The van der Waals surface area contributed by atoms with Crippen LogP contribution < -0.4 is 10.6 Å². The van der Waals surface area contributed by atoms with Crippen LogP contribution in [0.3, 0.4) is 0 Å². The van der Waals surface area contributed by atoms with Gasteiger partial charge < -0.3 is 15.4 Å². The first-order chi connectivity index (χ1) is 14.8. The van der Waals surface area contributed by atoms with E-state index in [4.69, 9.17) is 4.74 Å². The van der Waals surface area contributed by atoms with Gasteiger partial charge in [0.25, 0.3) is 5.91 Å². The van der Waals surface area contributed by atoms with Gasteiger partial charge in [0.15, 0.2) is 6.61 Å². The first kappa shape index (κ1) is 21.7. The quantitative estimate of drug-likeness (QED) is 0.568. The fourth-order valence-corrected chi connectivity index (χ4v) is 2.75. The fraction of sp³-hybridized carbons (Fsp3) is 0.182. The van der Waals surface area contributed by atoms with E-state index in [9.17, 15) is 18.8 Å². The molecule has 0 atom stereocenters. The van der Waals surface area contributed by atoms with Gasteiger partial charge in [0, 0.05) is 19.5 Å². The lowest BCUT2D eigenvalue weighted by Crippen LogP contribution is -2.22. The number of nitrogens with zero attached hydrogens (tertiary/aromatic N) is 2. The number of aryl methyl sites for hydroxylation is 1. The molecular formula is C22H21FN4O4. The molecule has 0 fully saturated rings. The van der Waals surface area contributed by atoms with Gasteiger partial charge in [-0.3, -0.25) is 9.59 Å². The van der Waals surface area contributed by atoms with Crippen LogP contribution in [0.25, 0.3) is 5.69 Å². The SMILES string of the molecule is CC(=O)NCc1ccc(C(=O)OCC(=O)Nc2cc(C)nn2-c2ccc(F)cc2)cc1. The van der Waals surface area contributed by atoms with E-state index in [1.54, 1.807) is 37.3 Å². The molecule has 2 aromatic carbocycles. The molecule has 1 heterocycles. The van der Waals surface area contributed by atoms with Crippen LogP contribution in [0, 0.1) is 12.7 Å². The summed E-state index contributed by atoms with van der Waals surface area (Å²) in [6.07, 6.45) is 0. The largest absolute Gasteiger partial charge is 0.452 e. The normalized spacial score (nSPS) is 10.4. The van der Waals surface area contributed by atoms with Crippen LogP contribution in [0.4, 0.5) is 10.2 Å². The third-order valence-corrected chi connectivity index (χ3v) is 4.24. The third kappa shape index (κ3) is 5.99. The van der Waals surface area contributed by atoms with Crippen molar-refractivity contribution in [1.29, 1.82) is 0 Å². The molecule has 0 aliphatic rings. The van der Waals surface area contributed by atoms with Crippen LogP contribution in [-0.4, -0.2) is 34.2 Å². The molecule has 0 saturated carbocycles. The van der Waals surface area contributed by atoms with Gasteiger partial charge >= 0.3 is 5.97 Å². The fourth-order valence-electron chi connectivity index (χ4n) is 2.75. The molecule has 0 bridgehead atoms. The number of ether oxygens (including phenoxy) is 1. The number of amides is 2. The Morgan fingerprint density at radius 1 is 1.06 bits per heavy atom. The van der Waals surface area contributed by atoms with Crippen LogP contribution in [0.15, 0.2) is 54.6 Å². The molecule has 160 valence electrons. The Labute approximate surface area is 178 Å². The smallest absolute Gasteiger partial charge is 0.338 e. The standard InChI is InChI=1S/C22H21FN4O4/c1-14-11-20(27(26-14)19-9-7-18(23)8-10-19)25-21(29)13-31-22(30)17-5-3-16(4-6-17)12-24-15(2)28/h3-11H,12-13H2,1-2H3,(H,24,28)(H,25,29). The minimum atomic E-state index is -0.649. The van der Waals surface area contributed by atoms with Gasteiger partial charge in [-0.25, -0.2) is 13.9 Å². The molecule has 2 amide bonds. The molecule has 8 nitrogen and oxygen atoms in total. The first-order valence-electron chi connectivity index (χ1n) is 9.45. The summed E-state index contributed by atoms with van der Waals surface area (Å²) in [5, 5.41) is 9.59. The molecule has 3 rings (SSSR count). The predicted octanol–water partition coefficient (Wildman–Crippen LogP) is 2.75. The Balaban J connectivity index is 1.57. The average Bonchev–Trinajstić information content (AvgIpc) is 3.11. The molecule has 9 heteroatoms. The van der Waals surface area contributed by atoms with Crippen LogP contribution in [-0.2, 0) is 20.9 Å². The summed E-state index contributed by atoms with van der Waals surface area (Å²) in [5.41, 5.74) is 2.33. The lowest BCUT2D eigenvalue weighted by Gasteiger charge is -2.10. The highest BCUT2D eigenvalue weighted by Gasteiger charge is 2.14. The molecule has 0 saturated heterocycles. The van der Waals surface area contributed by atoms with Crippen molar-refractivity contribution in [2.75, 3.05) is 11.9 Å². The lowest BCUT2D eigenvalue weighted by molar-refractivity contribution is -0.119. The topological polar surface area (TPSA) is 102 Å². The zero-order chi connectivity index (χ0) is 22.4. The van der Waals surface area contributed by atoms with Crippen LogP contribution in [0.1, 0.15) is 28.5 Å². The van der Waals surface area contributed by atoms with Gasteiger partial charge in [-0.2, -0.15) is 5.10 Å². The number of aromatic nitrogens is 2. The van der Waals surface area contributed by atoms with Gasteiger partial charge in [-0.15, -0.1) is 0 Å². The van der Waals surface area contributed by atoms with Crippen molar-refractivity contribution in [2.24, 2.45) is 0 Å². The van der Waals surface area contributed by atoms with Crippen molar-refractivity contribution in [3.8, 4) is 5.69 Å². The number of carbonyl (C=O) groups is 3. The molecule has 0 aliphatic heterocycles. The molecule has 1 aromatic heterocycles. The Bertz CT molecular complexity index is 1090. The lowest BCUT2D eigenvalue weighted by atomic mass is 10.1. The summed E-state index contributed by atoms with van der Waals surface area (Å²) in [4.78, 5) is 35.4.